The van der Waals surface area contributed by atoms with E-state index in [2.05, 4.69) is 25.1 Å². The van der Waals surface area contributed by atoms with Crippen molar-refractivity contribution in [1.29, 1.82) is 0 Å². The van der Waals surface area contributed by atoms with Crippen molar-refractivity contribution in [2.75, 3.05) is 12.4 Å². The van der Waals surface area contributed by atoms with E-state index in [1.54, 1.807) is 25.1 Å². The number of methoxy groups -OCH3 is 1. The molecule has 2 heterocycles. The van der Waals surface area contributed by atoms with E-state index < -0.39 is 0 Å². The van der Waals surface area contributed by atoms with Crippen LogP contribution in [0.15, 0.2) is 70.4 Å². The highest BCUT2D eigenvalue weighted by Crippen LogP contribution is 2.34. The Kier molecular flexibility index (Phi) is 7.14. The molecule has 0 aliphatic heterocycles. The average molecular weight is 476 g/mol. The molecule has 0 atom stereocenters. The maximum atomic E-state index is 6.00. The summed E-state index contributed by atoms with van der Waals surface area (Å²) < 4.78 is 13.7. The van der Waals surface area contributed by atoms with Crippen molar-refractivity contribution in [1.82, 2.24) is 19.7 Å². The highest BCUT2D eigenvalue weighted by atomic mass is 32.2. The van der Waals surface area contributed by atoms with E-state index in [4.69, 9.17) is 9.15 Å². The molecular formula is C26H29N5O2S. The van der Waals surface area contributed by atoms with E-state index >= 15 is 0 Å². The van der Waals surface area contributed by atoms with Gasteiger partial charge >= 0.3 is 0 Å². The standard InChI is InChI=1S/C26H29N5O2S/c1-32-22-14-8-11-20(15-22)27-17-24-29-30-26(31(24)21-12-6-3-7-13-21)34-18-25-28-16-23(33-25)19-9-4-2-5-10-19/h2,4-5,8-11,14-16,21,27H,3,6-7,12-13,17-18H2,1H3. The molecule has 0 saturated heterocycles. The molecule has 2 aromatic carbocycles. The van der Waals surface area contributed by atoms with Gasteiger partial charge in [-0.05, 0) is 25.0 Å². The van der Waals surface area contributed by atoms with Gasteiger partial charge in [0.25, 0.3) is 0 Å². The van der Waals surface area contributed by atoms with Crippen molar-refractivity contribution in [3.05, 3.63) is 72.5 Å². The molecule has 4 aromatic rings. The molecule has 0 radical (unpaired) electrons. The van der Waals surface area contributed by atoms with Crippen LogP contribution < -0.4 is 10.1 Å². The Morgan fingerprint density at radius 3 is 2.74 bits per heavy atom. The Balaban J connectivity index is 1.31. The lowest BCUT2D eigenvalue weighted by Gasteiger charge is -2.25. The SMILES string of the molecule is COc1cccc(NCc2nnc(SCc3ncc(-c4ccccc4)o3)n2C2CCCCC2)c1. The molecule has 176 valence electrons. The minimum atomic E-state index is 0.429. The first-order valence-electron chi connectivity index (χ1n) is 11.7. The first-order chi connectivity index (χ1) is 16.8. The van der Waals surface area contributed by atoms with Crippen LogP contribution in [0.4, 0.5) is 5.69 Å². The third-order valence-corrected chi connectivity index (χ3v) is 7.06. The molecule has 0 bridgehead atoms. The fourth-order valence-corrected chi connectivity index (χ4v) is 5.26. The molecule has 1 aliphatic rings. The monoisotopic (exact) mass is 475 g/mol. The molecule has 0 spiro atoms. The fraction of sp³-hybridized carbons (Fsp3) is 0.346. The lowest BCUT2D eigenvalue weighted by molar-refractivity contribution is 0.330. The molecule has 0 amide bonds. The Labute approximate surface area is 204 Å². The Morgan fingerprint density at radius 2 is 1.91 bits per heavy atom. The second-order valence-corrected chi connectivity index (χ2v) is 9.36. The van der Waals surface area contributed by atoms with Crippen molar-refractivity contribution in [2.24, 2.45) is 0 Å². The van der Waals surface area contributed by atoms with E-state index in [0.717, 1.165) is 46.6 Å². The molecule has 1 fully saturated rings. The summed E-state index contributed by atoms with van der Waals surface area (Å²) in [5.41, 5.74) is 2.03. The number of ether oxygens (including phenoxy) is 1. The topological polar surface area (TPSA) is 78.0 Å². The summed E-state index contributed by atoms with van der Waals surface area (Å²) in [5.74, 6) is 3.87. The zero-order valence-corrected chi connectivity index (χ0v) is 20.1. The maximum Gasteiger partial charge on any atom is 0.205 e. The van der Waals surface area contributed by atoms with Crippen molar-refractivity contribution in [3.8, 4) is 17.1 Å². The van der Waals surface area contributed by atoms with Gasteiger partial charge in [-0.2, -0.15) is 0 Å². The Bertz CT molecular complexity index is 1200. The van der Waals surface area contributed by atoms with E-state index in [-0.39, 0.29) is 0 Å². The Morgan fingerprint density at radius 1 is 1.06 bits per heavy atom. The number of thioether (sulfide) groups is 1. The van der Waals surface area contributed by atoms with Crippen LogP contribution in [-0.2, 0) is 12.3 Å². The van der Waals surface area contributed by atoms with Gasteiger partial charge in [-0.1, -0.05) is 67.4 Å². The van der Waals surface area contributed by atoms with Gasteiger partial charge in [-0.25, -0.2) is 4.98 Å². The zero-order chi connectivity index (χ0) is 23.2. The highest BCUT2D eigenvalue weighted by Gasteiger charge is 2.23. The van der Waals surface area contributed by atoms with Crippen LogP contribution in [-0.4, -0.2) is 26.9 Å². The third-order valence-electron chi connectivity index (χ3n) is 6.13. The van der Waals surface area contributed by atoms with Gasteiger partial charge in [0.1, 0.15) is 5.75 Å². The van der Waals surface area contributed by atoms with Gasteiger partial charge in [-0.15, -0.1) is 10.2 Å². The van der Waals surface area contributed by atoms with Crippen LogP contribution in [0.25, 0.3) is 11.3 Å². The summed E-state index contributed by atoms with van der Waals surface area (Å²) in [7, 11) is 1.68. The lowest BCUT2D eigenvalue weighted by Crippen LogP contribution is -2.18. The largest absolute Gasteiger partial charge is 0.497 e. The van der Waals surface area contributed by atoms with Gasteiger partial charge in [0.05, 0.1) is 25.6 Å². The number of nitrogens with one attached hydrogen (secondary N) is 1. The number of hydrogen-bond donors (Lipinski definition) is 1. The molecule has 8 heteroatoms. The number of benzene rings is 2. The molecule has 7 nitrogen and oxygen atoms in total. The van der Waals surface area contributed by atoms with Crippen molar-refractivity contribution < 1.29 is 9.15 Å². The summed E-state index contributed by atoms with van der Waals surface area (Å²) in [5, 5.41) is 13.5. The second kappa shape index (κ2) is 10.8. The number of hydrogen-bond acceptors (Lipinski definition) is 7. The molecule has 0 unspecified atom stereocenters. The smallest absolute Gasteiger partial charge is 0.205 e. The maximum absolute atomic E-state index is 6.00. The minimum Gasteiger partial charge on any atom is -0.497 e. The van der Waals surface area contributed by atoms with Gasteiger partial charge in [-0.3, -0.25) is 0 Å². The van der Waals surface area contributed by atoms with Crippen LogP contribution in [0.2, 0.25) is 0 Å². The van der Waals surface area contributed by atoms with Crippen LogP contribution in [0, 0.1) is 0 Å². The summed E-state index contributed by atoms with van der Waals surface area (Å²) >= 11 is 1.64. The predicted octanol–water partition coefficient (Wildman–Crippen LogP) is 6.35. The molecule has 2 aromatic heterocycles. The highest BCUT2D eigenvalue weighted by molar-refractivity contribution is 7.98. The normalized spacial score (nSPS) is 14.3. The van der Waals surface area contributed by atoms with Gasteiger partial charge < -0.3 is 19.0 Å². The number of rotatable bonds is 9. The van der Waals surface area contributed by atoms with E-state index in [9.17, 15) is 0 Å². The van der Waals surface area contributed by atoms with Crippen LogP contribution in [0.5, 0.6) is 5.75 Å². The molecular weight excluding hydrogens is 446 g/mol. The number of anilines is 1. The number of nitrogens with zero attached hydrogens (tertiary/aromatic N) is 4. The minimum absolute atomic E-state index is 0.429. The average Bonchev–Trinajstić information content (AvgIpc) is 3.54. The van der Waals surface area contributed by atoms with Crippen LogP contribution in [0.1, 0.15) is 49.9 Å². The first kappa shape index (κ1) is 22.5. The molecule has 34 heavy (non-hydrogen) atoms. The zero-order valence-electron chi connectivity index (χ0n) is 19.3. The second-order valence-electron chi connectivity index (χ2n) is 8.42. The lowest BCUT2D eigenvalue weighted by atomic mass is 9.95. The molecule has 1 N–H and O–H groups in total. The van der Waals surface area contributed by atoms with E-state index in [1.807, 2.05) is 54.6 Å². The van der Waals surface area contributed by atoms with Crippen molar-refractivity contribution in [3.63, 3.8) is 0 Å². The van der Waals surface area contributed by atoms with Gasteiger partial charge in [0, 0.05) is 23.4 Å². The summed E-state index contributed by atoms with van der Waals surface area (Å²) in [6.07, 6.45) is 7.91. The molecule has 1 aliphatic carbocycles. The van der Waals surface area contributed by atoms with Crippen LogP contribution in [0.3, 0.4) is 0 Å². The summed E-state index contributed by atoms with van der Waals surface area (Å²) in [6.45, 7) is 0.606. The number of aromatic nitrogens is 4. The quantitative estimate of drug-likeness (QED) is 0.283. The number of oxazole rings is 1. The van der Waals surface area contributed by atoms with E-state index in [1.165, 1.54) is 19.3 Å². The van der Waals surface area contributed by atoms with Crippen molar-refractivity contribution in [2.45, 2.75) is 55.6 Å². The predicted molar refractivity (Wildman–Crippen MR) is 134 cm³/mol. The summed E-state index contributed by atoms with van der Waals surface area (Å²) in [4.78, 5) is 4.48. The molecule has 5 rings (SSSR count). The Hall–Kier alpha value is -3.26. The third kappa shape index (κ3) is 5.28. The van der Waals surface area contributed by atoms with Gasteiger partial charge in [0.2, 0.25) is 5.89 Å². The van der Waals surface area contributed by atoms with Crippen molar-refractivity contribution >= 4 is 17.4 Å². The van der Waals surface area contributed by atoms with E-state index in [0.29, 0.717) is 24.2 Å². The van der Waals surface area contributed by atoms with Gasteiger partial charge in [0.15, 0.2) is 16.7 Å². The summed E-state index contributed by atoms with van der Waals surface area (Å²) in [6, 6.07) is 18.4. The fourth-order valence-electron chi connectivity index (χ4n) is 4.39. The molecule has 1 saturated carbocycles. The first-order valence-corrected chi connectivity index (χ1v) is 12.7. The van der Waals surface area contributed by atoms with Crippen LogP contribution >= 0.6 is 11.8 Å².